The number of allylic oxidation sites excluding steroid dienone is 1. The van der Waals surface area contributed by atoms with E-state index in [9.17, 15) is 4.79 Å². The summed E-state index contributed by atoms with van der Waals surface area (Å²) in [6, 6.07) is 5.58. The number of ether oxygens (including phenoxy) is 2. The van der Waals surface area contributed by atoms with Gasteiger partial charge in [-0.15, -0.1) is 0 Å². The zero-order valence-corrected chi connectivity index (χ0v) is 15.8. The number of esters is 1. The molecule has 0 bridgehead atoms. The van der Waals surface area contributed by atoms with E-state index in [4.69, 9.17) is 13.9 Å². The third kappa shape index (κ3) is 7.19. The molecule has 0 heterocycles. The van der Waals surface area contributed by atoms with Gasteiger partial charge in [0.25, 0.3) is 0 Å². The minimum absolute atomic E-state index is 0.312. The van der Waals surface area contributed by atoms with Gasteiger partial charge in [-0.05, 0) is 62.8 Å². The van der Waals surface area contributed by atoms with Crippen molar-refractivity contribution in [1.29, 1.82) is 0 Å². The van der Waals surface area contributed by atoms with Crippen molar-refractivity contribution in [2.45, 2.75) is 33.5 Å². The fourth-order valence-electron chi connectivity index (χ4n) is 1.69. The van der Waals surface area contributed by atoms with Crippen LogP contribution in [0.5, 0.6) is 11.5 Å². The number of benzene rings is 1. The average molecular weight is 334 g/mol. The van der Waals surface area contributed by atoms with Crippen molar-refractivity contribution in [3.8, 4) is 11.5 Å². The summed E-state index contributed by atoms with van der Waals surface area (Å²) in [7, 11) is -0.131. The first-order chi connectivity index (χ1) is 10.7. The van der Waals surface area contributed by atoms with Gasteiger partial charge in [0.2, 0.25) is 8.32 Å². The summed E-state index contributed by atoms with van der Waals surface area (Å²) in [5.74, 6) is 1.03. The van der Waals surface area contributed by atoms with E-state index in [0.29, 0.717) is 18.1 Å². The summed E-state index contributed by atoms with van der Waals surface area (Å²) in [5.41, 5.74) is 1.88. The normalized spacial score (nSPS) is 12.3. The summed E-state index contributed by atoms with van der Waals surface area (Å²) in [6.07, 6.45) is 5.05. The van der Waals surface area contributed by atoms with Gasteiger partial charge in [-0.25, -0.2) is 4.79 Å². The summed E-state index contributed by atoms with van der Waals surface area (Å²) in [6.45, 7) is 10.5. The zero-order chi connectivity index (χ0) is 17.5. The topological polar surface area (TPSA) is 44.8 Å². The maximum atomic E-state index is 11.7. The van der Waals surface area contributed by atoms with Gasteiger partial charge >= 0.3 is 5.97 Å². The van der Waals surface area contributed by atoms with Crippen LogP contribution in [0.3, 0.4) is 0 Å². The molecule has 126 valence electrons. The van der Waals surface area contributed by atoms with Gasteiger partial charge in [-0.3, -0.25) is 0 Å². The van der Waals surface area contributed by atoms with E-state index in [-0.39, 0.29) is 5.97 Å². The molecular weight excluding hydrogens is 308 g/mol. The number of carbonyl (C=O) groups is 1. The van der Waals surface area contributed by atoms with Crippen LogP contribution in [0.25, 0.3) is 6.08 Å². The fourth-order valence-corrected chi connectivity index (χ4v) is 2.51. The van der Waals surface area contributed by atoms with Gasteiger partial charge in [0.1, 0.15) is 12.4 Å². The first-order valence-electron chi connectivity index (χ1n) is 7.59. The van der Waals surface area contributed by atoms with E-state index in [2.05, 4.69) is 19.6 Å². The Bertz CT molecular complexity index is 598. The Morgan fingerprint density at radius 3 is 2.48 bits per heavy atom. The Morgan fingerprint density at radius 1 is 1.22 bits per heavy atom. The molecule has 0 fully saturated rings. The summed E-state index contributed by atoms with van der Waals surface area (Å²) in [5, 5.41) is 0. The highest BCUT2D eigenvalue weighted by molar-refractivity contribution is 6.70. The molecule has 0 N–H and O–H groups in total. The van der Waals surface area contributed by atoms with E-state index in [1.54, 1.807) is 13.2 Å². The molecule has 0 unspecified atom stereocenters. The summed E-state index contributed by atoms with van der Waals surface area (Å²) in [4.78, 5) is 11.7. The monoisotopic (exact) mass is 334 g/mol. The third-order valence-electron chi connectivity index (χ3n) is 2.95. The molecule has 0 aliphatic rings. The summed E-state index contributed by atoms with van der Waals surface area (Å²) >= 11 is 0. The van der Waals surface area contributed by atoms with Crippen molar-refractivity contribution in [3.63, 3.8) is 0 Å². The van der Waals surface area contributed by atoms with Crippen LogP contribution in [0, 0.1) is 0 Å². The van der Waals surface area contributed by atoms with Gasteiger partial charge < -0.3 is 13.9 Å². The van der Waals surface area contributed by atoms with E-state index in [1.807, 2.05) is 38.1 Å². The van der Waals surface area contributed by atoms with E-state index < -0.39 is 8.32 Å². The quantitative estimate of drug-likeness (QED) is 0.320. The predicted octanol–water partition coefficient (Wildman–Crippen LogP) is 4.43. The molecule has 5 heteroatoms. The van der Waals surface area contributed by atoms with Crippen LogP contribution in [0.15, 0.2) is 35.9 Å². The molecule has 1 aromatic rings. The van der Waals surface area contributed by atoms with Crippen molar-refractivity contribution >= 4 is 20.4 Å². The highest BCUT2D eigenvalue weighted by Crippen LogP contribution is 2.30. The Balaban J connectivity index is 2.82. The molecule has 0 aromatic heterocycles. The second-order valence-corrected chi connectivity index (χ2v) is 10.6. The molecule has 0 atom stereocenters. The lowest BCUT2D eigenvalue weighted by Gasteiger charge is -2.21. The molecule has 4 nitrogen and oxygen atoms in total. The number of hydrogen-bond donors (Lipinski definition) is 0. The van der Waals surface area contributed by atoms with Gasteiger partial charge in [-0.2, -0.15) is 0 Å². The maximum absolute atomic E-state index is 11.7. The Labute approximate surface area is 139 Å². The van der Waals surface area contributed by atoms with Crippen LogP contribution in [0.4, 0.5) is 0 Å². The first kappa shape index (κ1) is 19.0. The van der Waals surface area contributed by atoms with Gasteiger partial charge in [-0.1, -0.05) is 12.1 Å². The second kappa shape index (κ2) is 8.58. The van der Waals surface area contributed by atoms with E-state index in [1.165, 1.54) is 6.08 Å². The number of carbonyl (C=O) groups excluding carboxylic acids is 1. The molecule has 0 amide bonds. The molecule has 0 aliphatic heterocycles. The Hall–Kier alpha value is -2.01. The van der Waals surface area contributed by atoms with Gasteiger partial charge in [0, 0.05) is 6.08 Å². The van der Waals surface area contributed by atoms with Crippen molar-refractivity contribution in [3.05, 3.63) is 41.5 Å². The van der Waals surface area contributed by atoms with Gasteiger partial charge in [0.15, 0.2) is 5.75 Å². The molecule has 0 aliphatic carbocycles. The third-order valence-corrected chi connectivity index (χ3v) is 3.78. The molecule has 0 spiro atoms. The van der Waals surface area contributed by atoms with E-state index in [0.717, 1.165) is 11.1 Å². The zero-order valence-electron chi connectivity index (χ0n) is 14.8. The number of methoxy groups -OCH3 is 1. The SMILES string of the molecule is C/C=C(\C)COC(=O)/C=C/c1ccc(OC)c(O[Si](C)(C)C)c1. The highest BCUT2D eigenvalue weighted by Gasteiger charge is 2.18. The molecule has 0 saturated carbocycles. The lowest BCUT2D eigenvalue weighted by atomic mass is 10.2. The van der Waals surface area contributed by atoms with Gasteiger partial charge in [0.05, 0.1) is 7.11 Å². The lowest BCUT2D eigenvalue weighted by Crippen LogP contribution is -2.29. The molecule has 1 rings (SSSR count). The minimum atomic E-state index is -1.74. The first-order valence-corrected chi connectivity index (χ1v) is 11.0. The average Bonchev–Trinajstić information content (AvgIpc) is 2.49. The molecule has 23 heavy (non-hydrogen) atoms. The van der Waals surface area contributed by atoms with E-state index >= 15 is 0 Å². The maximum Gasteiger partial charge on any atom is 0.331 e. The standard InChI is InChI=1S/C18H26O4Si/c1-7-14(2)13-21-18(19)11-9-15-8-10-16(20-3)17(12-15)22-23(4,5)6/h7-12H,13H2,1-6H3/b11-9+,14-7+. The highest BCUT2D eigenvalue weighted by atomic mass is 28.4. The minimum Gasteiger partial charge on any atom is -0.542 e. The molecule has 1 aromatic carbocycles. The predicted molar refractivity (Wildman–Crippen MR) is 96.4 cm³/mol. The fraction of sp³-hybridized carbons (Fsp3) is 0.389. The Kier molecular flexibility index (Phi) is 7.10. The molecule has 0 radical (unpaired) electrons. The van der Waals surface area contributed by atoms with Crippen LogP contribution < -0.4 is 9.16 Å². The Morgan fingerprint density at radius 2 is 1.91 bits per heavy atom. The summed E-state index contributed by atoms with van der Waals surface area (Å²) < 4.78 is 16.5. The van der Waals surface area contributed by atoms with Crippen molar-refractivity contribution < 1.29 is 18.7 Å². The van der Waals surface area contributed by atoms with Crippen LogP contribution >= 0.6 is 0 Å². The van der Waals surface area contributed by atoms with Crippen LogP contribution in [0.2, 0.25) is 19.6 Å². The number of hydrogen-bond acceptors (Lipinski definition) is 4. The van der Waals surface area contributed by atoms with Crippen molar-refractivity contribution in [1.82, 2.24) is 0 Å². The van der Waals surface area contributed by atoms with Crippen LogP contribution in [-0.4, -0.2) is 28.0 Å². The largest absolute Gasteiger partial charge is 0.542 e. The smallest absolute Gasteiger partial charge is 0.331 e. The number of rotatable bonds is 7. The van der Waals surface area contributed by atoms with Crippen molar-refractivity contribution in [2.24, 2.45) is 0 Å². The van der Waals surface area contributed by atoms with Crippen LogP contribution in [0.1, 0.15) is 19.4 Å². The molecular formula is C18H26O4Si. The lowest BCUT2D eigenvalue weighted by molar-refractivity contribution is -0.136. The molecule has 0 saturated heterocycles. The van der Waals surface area contributed by atoms with Crippen molar-refractivity contribution in [2.75, 3.05) is 13.7 Å². The van der Waals surface area contributed by atoms with Crippen LogP contribution in [-0.2, 0) is 9.53 Å². The second-order valence-electron chi connectivity index (χ2n) is 6.20.